The van der Waals surface area contributed by atoms with Gasteiger partial charge in [0.2, 0.25) is 0 Å². The molecule has 1 unspecified atom stereocenters. The molecular weight excluding hydrogens is 268 g/mol. The highest BCUT2D eigenvalue weighted by Crippen LogP contribution is 2.22. The molecule has 3 nitrogen and oxygen atoms in total. The minimum Gasteiger partial charge on any atom is -0.346 e. The number of carbonyl (C=O) groups is 1. The van der Waals surface area contributed by atoms with Gasteiger partial charge in [0.05, 0.1) is 11.3 Å². The van der Waals surface area contributed by atoms with Crippen molar-refractivity contribution in [1.82, 2.24) is 10.3 Å². The molecule has 1 atom stereocenters. The van der Waals surface area contributed by atoms with Crippen LogP contribution in [0.25, 0.3) is 5.57 Å². The van der Waals surface area contributed by atoms with Gasteiger partial charge in [-0.2, -0.15) is 0 Å². The number of pyridine rings is 1. The van der Waals surface area contributed by atoms with Crippen molar-refractivity contribution >= 4 is 27.4 Å². The third kappa shape index (κ3) is 2.02. The predicted molar refractivity (Wildman–Crippen MR) is 67.6 cm³/mol. The Morgan fingerprint density at radius 3 is 3.06 bits per heavy atom. The quantitative estimate of drug-likeness (QED) is 0.846. The van der Waals surface area contributed by atoms with Gasteiger partial charge in [0.1, 0.15) is 0 Å². The van der Waals surface area contributed by atoms with Crippen molar-refractivity contribution in [3.05, 3.63) is 35.7 Å². The maximum absolute atomic E-state index is 11.9. The van der Waals surface area contributed by atoms with Crippen LogP contribution in [0.15, 0.2) is 24.4 Å². The summed E-state index contributed by atoms with van der Waals surface area (Å²) in [6.45, 7) is 2.05. The van der Waals surface area contributed by atoms with Gasteiger partial charge >= 0.3 is 0 Å². The number of amides is 1. The predicted octanol–water partition coefficient (Wildman–Crippen LogP) is 2.38. The number of nitrogens with zero attached hydrogens (tertiary/aromatic N) is 1. The van der Waals surface area contributed by atoms with Crippen LogP contribution >= 0.6 is 15.9 Å². The van der Waals surface area contributed by atoms with Gasteiger partial charge in [0.15, 0.2) is 0 Å². The SMILES string of the molecule is CCC1C=C(CBr)c2ncccc2C(=O)N1. The van der Waals surface area contributed by atoms with E-state index >= 15 is 0 Å². The number of nitrogens with one attached hydrogen (secondary N) is 1. The van der Waals surface area contributed by atoms with Gasteiger partial charge in [-0.25, -0.2) is 0 Å². The lowest BCUT2D eigenvalue weighted by molar-refractivity contribution is 0.0944. The first-order valence-electron chi connectivity index (χ1n) is 5.29. The van der Waals surface area contributed by atoms with Gasteiger partial charge in [-0.1, -0.05) is 28.9 Å². The molecule has 4 heteroatoms. The molecule has 0 aliphatic carbocycles. The van der Waals surface area contributed by atoms with Crippen molar-refractivity contribution in [2.45, 2.75) is 19.4 Å². The second-order valence-electron chi connectivity index (χ2n) is 3.71. The molecule has 1 N–H and O–H groups in total. The van der Waals surface area contributed by atoms with Crippen molar-refractivity contribution in [3.8, 4) is 0 Å². The third-order valence-electron chi connectivity index (χ3n) is 2.66. The number of aromatic nitrogens is 1. The van der Waals surface area contributed by atoms with Gasteiger partial charge in [0.25, 0.3) is 5.91 Å². The van der Waals surface area contributed by atoms with Crippen molar-refractivity contribution in [2.24, 2.45) is 0 Å². The smallest absolute Gasteiger partial charge is 0.253 e. The van der Waals surface area contributed by atoms with E-state index in [1.54, 1.807) is 12.3 Å². The molecule has 1 aromatic heterocycles. The molecule has 1 aliphatic heterocycles. The van der Waals surface area contributed by atoms with Crippen LogP contribution in [0, 0.1) is 0 Å². The second kappa shape index (κ2) is 4.78. The lowest BCUT2D eigenvalue weighted by Crippen LogP contribution is -2.31. The number of halogens is 1. The molecule has 84 valence electrons. The Morgan fingerprint density at radius 2 is 2.38 bits per heavy atom. The molecule has 0 bridgehead atoms. The summed E-state index contributed by atoms with van der Waals surface area (Å²) in [6.07, 6.45) is 4.68. The summed E-state index contributed by atoms with van der Waals surface area (Å²) in [5.41, 5.74) is 2.51. The average Bonchev–Trinajstić information content (AvgIpc) is 2.47. The summed E-state index contributed by atoms with van der Waals surface area (Å²) in [4.78, 5) is 16.2. The van der Waals surface area contributed by atoms with Crippen LogP contribution in [0.2, 0.25) is 0 Å². The summed E-state index contributed by atoms with van der Waals surface area (Å²) < 4.78 is 0. The minimum absolute atomic E-state index is 0.0397. The lowest BCUT2D eigenvalue weighted by Gasteiger charge is -2.10. The maximum Gasteiger partial charge on any atom is 0.253 e. The van der Waals surface area contributed by atoms with Crippen LogP contribution in [0.1, 0.15) is 29.4 Å². The Labute approximate surface area is 103 Å². The van der Waals surface area contributed by atoms with E-state index in [-0.39, 0.29) is 11.9 Å². The number of fused-ring (bicyclic) bond motifs is 1. The number of allylic oxidation sites excluding steroid dienone is 1. The standard InChI is InChI=1S/C12H13BrN2O/c1-2-9-6-8(7-13)11-10(12(16)15-9)4-3-5-14-11/h3-6,9H,2,7H2,1H3,(H,15,16). The molecule has 0 fully saturated rings. The van der Waals surface area contributed by atoms with Gasteiger partial charge in [0, 0.05) is 17.6 Å². The molecule has 2 rings (SSSR count). The Balaban J connectivity index is 2.53. The zero-order valence-corrected chi connectivity index (χ0v) is 10.6. The van der Waals surface area contributed by atoms with Crippen LogP contribution in [-0.4, -0.2) is 22.3 Å². The van der Waals surface area contributed by atoms with Gasteiger partial charge in [-0.15, -0.1) is 0 Å². The number of hydrogen-bond acceptors (Lipinski definition) is 2. The zero-order chi connectivity index (χ0) is 11.5. The van der Waals surface area contributed by atoms with E-state index in [4.69, 9.17) is 0 Å². The van der Waals surface area contributed by atoms with Crippen molar-refractivity contribution in [3.63, 3.8) is 0 Å². The Morgan fingerprint density at radius 1 is 1.56 bits per heavy atom. The highest BCUT2D eigenvalue weighted by Gasteiger charge is 2.21. The van der Waals surface area contributed by atoms with E-state index in [1.807, 2.05) is 6.07 Å². The number of carbonyl (C=O) groups excluding carboxylic acids is 1. The molecule has 0 saturated heterocycles. The molecule has 1 aromatic rings. The van der Waals surface area contributed by atoms with E-state index < -0.39 is 0 Å². The van der Waals surface area contributed by atoms with E-state index in [2.05, 4.69) is 39.2 Å². The first kappa shape index (κ1) is 11.3. The summed E-state index contributed by atoms with van der Waals surface area (Å²) in [5, 5.41) is 3.68. The van der Waals surface area contributed by atoms with Gasteiger partial charge in [-0.3, -0.25) is 9.78 Å². The number of alkyl halides is 1. The highest BCUT2D eigenvalue weighted by molar-refractivity contribution is 9.09. The molecule has 16 heavy (non-hydrogen) atoms. The Hall–Kier alpha value is -1.16. The first-order chi connectivity index (χ1) is 7.76. The average molecular weight is 281 g/mol. The third-order valence-corrected chi connectivity index (χ3v) is 3.26. The fourth-order valence-corrected chi connectivity index (χ4v) is 2.23. The number of hydrogen-bond donors (Lipinski definition) is 1. The molecule has 1 amide bonds. The molecule has 0 spiro atoms. The van der Waals surface area contributed by atoms with Gasteiger partial charge < -0.3 is 5.32 Å². The summed E-state index contributed by atoms with van der Waals surface area (Å²) in [5.74, 6) is -0.0397. The van der Waals surface area contributed by atoms with Crippen LogP contribution in [-0.2, 0) is 0 Å². The van der Waals surface area contributed by atoms with Crippen molar-refractivity contribution in [2.75, 3.05) is 5.33 Å². The molecule has 1 aliphatic rings. The molecule has 0 radical (unpaired) electrons. The summed E-state index contributed by atoms with van der Waals surface area (Å²) >= 11 is 3.44. The second-order valence-corrected chi connectivity index (χ2v) is 4.27. The fourth-order valence-electron chi connectivity index (χ4n) is 1.78. The van der Waals surface area contributed by atoms with Gasteiger partial charge in [-0.05, 0) is 24.1 Å². The zero-order valence-electron chi connectivity index (χ0n) is 9.03. The van der Waals surface area contributed by atoms with E-state index in [9.17, 15) is 4.79 Å². The van der Waals surface area contributed by atoms with Crippen molar-refractivity contribution < 1.29 is 4.79 Å². The van der Waals surface area contributed by atoms with Crippen LogP contribution in [0.4, 0.5) is 0 Å². The van der Waals surface area contributed by atoms with Crippen molar-refractivity contribution in [1.29, 1.82) is 0 Å². The van der Waals surface area contributed by atoms with E-state index in [1.165, 1.54) is 0 Å². The molecule has 2 heterocycles. The number of rotatable bonds is 2. The van der Waals surface area contributed by atoms with Crippen LogP contribution in [0.3, 0.4) is 0 Å². The monoisotopic (exact) mass is 280 g/mol. The van der Waals surface area contributed by atoms with Crippen LogP contribution in [0.5, 0.6) is 0 Å². The first-order valence-corrected chi connectivity index (χ1v) is 6.41. The Kier molecular flexibility index (Phi) is 3.39. The molecular formula is C12H13BrN2O. The summed E-state index contributed by atoms with van der Waals surface area (Å²) in [7, 11) is 0. The highest BCUT2D eigenvalue weighted by atomic mass is 79.9. The van der Waals surface area contributed by atoms with Crippen LogP contribution < -0.4 is 5.32 Å². The Bertz CT molecular complexity index is 442. The molecule has 0 aromatic carbocycles. The largest absolute Gasteiger partial charge is 0.346 e. The summed E-state index contributed by atoms with van der Waals surface area (Å²) in [6, 6.07) is 3.69. The minimum atomic E-state index is -0.0397. The van der Waals surface area contributed by atoms with E-state index in [0.29, 0.717) is 10.9 Å². The topological polar surface area (TPSA) is 42.0 Å². The van der Waals surface area contributed by atoms with E-state index in [0.717, 1.165) is 17.7 Å². The maximum atomic E-state index is 11.9. The molecule has 0 saturated carbocycles. The normalized spacial score (nSPS) is 19.5. The fraction of sp³-hybridized carbons (Fsp3) is 0.333. The lowest BCUT2D eigenvalue weighted by atomic mass is 10.1.